The van der Waals surface area contributed by atoms with Gasteiger partial charge < -0.3 is 25.0 Å². The van der Waals surface area contributed by atoms with E-state index in [1.165, 1.54) is 11.3 Å². The topological polar surface area (TPSA) is 82.1 Å². The monoisotopic (exact) mass is 445 g/mol. The number of nitrogens with zero attached hydrogens (tertiary/aromatic N) is 2. The van der Waals surface area contributed by atoms with Crippen LogP contribution in [0.25, 0.3) is 10.1 Å². The second-order valence-corrected chi connectivity index (χ2v) is 9.71. The number of carbonyl (C=O) groups is 2. The summed E-state index contributed by atoms with van der Waals surface area (Å²) in [5.74, 6) is -0.168. The van der Waals surface area contributed by atoms with E-state index >= 15 is 0 Å². The Morgan fingerprint density at radius 1 is 1.26 bits per heavy atom. The summed E-state index contributed by atoms with van der Waals surface area (Å²) in [5, 5.41) is 15.0. The van der Waals surface area contributed by atoms with Gasteiger partial charge in [0.15, 0.2) is 0 Å². The Balaban J connectivity index is 1.56. The van der Waals surface area contributed by atoms with E-state index in [0.29, 0.717) is 39.1 Å². The number of hydrogen-bond donors (Lipinski definition) is 2. The molecular formula is C23H31N3O4S. The van der Waals surface area contributed by atoms with E-state index in [-0.39, 0.29) is 17.7 Å². The summed E-state index contributed by atoms with van der Waals surface area (Å²) in [7, 11) is 3.62. The lowest BCUT2D eigenvalue weighted by atomic mass is 9.90. The Morgan fingerprint density at radius 3 is 2.74 bits per heavy atom. The van der Waals surface area contributed by atoms with Gasteiger partial charge in [0, 0.05) is 50.5 Å². The molecule has 2 aromatic rings. The van der Waals surface area contributed by atoms with Crippen molar-refractivity contribution in [2.75, 3.05) is 53.5 Å². The predicted molar refractivity (Wildman–Crippen MR) is 122 cm³/mol. The van der Waals surface area contributed by atoms with E-state index in [4.69, 9.17) is 4.74 Å². The fraction of sp³-hybridized carbons (Fsp3) is 0.565. The smallest absolute Gasteiger partial charge is 0.261 e. The molecule has 2 aliphatic heterocycles. The van der Waals surface area contributed by atoms with Crippen LogP contribution in [0.3, 0.4) is 0 Å². The molecule has 2 saturated heterocycles. The first-order chi connectivity index (χ1) is 14.9. The van der Waals surface area contributed by atoms with Gasteiger partial charge >= 0.3 is 0 Å². The molecule has 3 heterocycles. The van der Waals surface area contributed by atoms with Crippen LogP contribution in [-0.2, 0) is 9.53 Å². The SMILES string of the molecule is COCCNC(=O)c1sc2ccccc2c1[C@@H]1CCN(C(=O)C2(O)CCN(C)CC2)C1. The number of methoxy groups -OCH3 is 1. The average Bonchev–Trinajstić information content (AvgIpc) is 3.40. The molecule has 0 aliphatic carbocycles. The first kappa shape index (κ1) is 22.2. The molecule has 1 aromatic carbocycles. The Kier molecular flexibility index (Phi) is 6.62. The van der Waals surface area contributed by atoms with Crippen LogP contribution < -0.4 is 5.32 Å². The number of benzene rings is 1. The van der Waals surface area contributed by atoms with Crippen LogP contribution in [0.1, 0.15) is 40.4 Å². The minimum Gasteiger partial charge on any atom is -0.383 e. The van der Waals surface area contributed by atoms with Crippen molar-refractivity contribution in [2.45, 2.75) is 30.8 Å². The number of ether oxygens (including phenoxy) is 1. The minimum atomic E-state index is -1.27. The molecular weight excluding hydrogens is 414 g/mol. The zero-order valence-corrected chi connectivity index (χ0v) is 19.0. The molecule has 2 aliphatic rings. The van der Waals surface area contributed by atoms with E-state index < -0.39 is 5.60 Å². The van der Waals surface area contributed by atoms with Crippen molar-refractivity contribution in [3.05, 3.63) is 34.7 Å². The molecule has 168 valence electrons. The van der Waals surface area contributed by atoms with E-state index in [9.17, 15) is 14.7 Å². The van der Waals surface area contributed by atoms with Crippen LogP contribution in [0.15, 0.2) is 24.3 Å². The van der Waals surface area contributed by atoms with Gasteiger partial charge in [-0.1, -0.05) is 18.2 Å². The Labute approximate surface area is 187 Å². The highest BCUT2D eigenvalue weighted by molar-refractivity contribution is 7.21. The molecule has 8 heteroatoms. The maximum Gasteiger partial charge on any atom is 0.261 e. The molecule has 4 rings (SSSR count). The van der Waals surface area contributed by atoms with Crippen LogP contribution in [0.2, 0.25) is 0 Å². The quantitative estimate of drug-likeness (QED) is 0.665. The predicted octanol–water partition coefficient (Wildman–Crippen LogP) is 2.05. The van der Waals surface area contributed by atoms with E-state index in [2.05, 4.69) is 16.3 Å². The number of carbonyl (C=O) groups excluding carboxylic acids is 2. The van der Waals surface area contributed by atoms with Gasteiger partial charge in [-0.25, -0.2) is 0 Å². The highest BCUT2D eigenvalue weighted by atomic mass is 32.1. The largest absolute Gasteiger partial charge is 0.383 e. The van der Waals surface area contributed by atoms with Gasteiger partial charge in [0.05, 0.1) is 11.5 Å². The number of amides is 2. The summed E-state index contributed by atoms with van der Waals surface area (Å²) in [6.07, 6.45) is 1.73. The summed E-state index contributed by atoms with van der Waals surface area (Å²) in [5.41, 5.74) is -0.237. The Bertz CT molecular complexity index is 951. The second kappa shape index (κ2) is 9.24. The number of hydrogen-bond acceptors (Lipinski definition) is 6. The summed E-state index contributed by atoms with van der Waals surface area (Å²) in [4.78, 5) is 30.8. The van der Waals surface area contributed by atoms with Gasteiger partial charge in [-0.05, 0) is 43.3 Å². The second-order valence-electron chi connectivity index (χ2n) is 8.66. The molecule has 0 radical (unpaired) electrons. The summed E-state index contributed by atoms with van der Waals surface area (Å²) in [6, 6.07) is 8.07. The molecule has 2 N–H and O–H groups in total. The van der Waals surface area contributed by atoms with Gasteiger partial charge in [0.25, 0.3) is 11.8 Å². The lowest BCUT2D eigenvalue weighted by Crippen LogP contribution is -2.53. The molecule has 1 atom stereocenters. The fourth-order valence-corrected chi connectivity index (χ4v) is 5.87. The molecule has 2 amide bonds. The maximum absolute atomic E-state index is 13.2. The molecule has 31 heavy (non-hydrogen) atoms. The first-order valence-corrected chi connectivity index (χ1v) is 11.7. The molecule has 0 unspecified atom stereocenters. The molecule has 7 nitrogen and oxygen atoms in total. The summed E-state index contributed by atoms with van der Waals surface area (Å²) in [6.45, 7) is 3.51. The van der Waals surface area contributed by atoms with Crippen LogP contribution in [0.5, 0.6) is 0 Å². The van der Waals surface area contributed by atoms with Gasteiger partial charge in [0.1, 0.15) is 5.60 Å². The van der Waals surface area contributed by atoms with Crippen molar-refractivity contribution in [1.29, 1.82) is 0 Å². The highest BCUT2D eigenvalue weighted by Crippen LogP contribution is 2.41. The third-order valence-corrected chi connectivity index (χ3v) is 7.71. The highest BCUT2D eigenvalue weighted by Gasteiger charge is 2.43. The van der Waals surface area contributed by atoms with E-state index in [1.807, 2.05) is 25.2 Å². The number of thiophene rings is 1. The van der Waals surface area contributed by atoms with Crippen molar-refractivity contribution < 1.29 is 19.4 Å². The molecule has 1 aromatic heterocycles. The normalized spacial score (nSPS) is 21.5. The van der Waals surface area contributed by atoms with Crippen LogP contribution in [-0.4, -0.2) is 85.8 Å². The zero-order chi connectivity index (χ0) is 22.0. The van der Waals surface area contributed by atoms with Gasteiger partial charge in [0.2, 0.25) is 0 Å². The third kappa shape index (κ3) is 4.48. The third-order valence-electron chi connectivity index (χ3n) is 6.53. The first-order valence-electron chi connectivity index (χ1n) is 10.9. The van der Waals surface area contributed by atoms with Gasteiger partial charge in [-0.2, -0.15) is 0 Å². The Morgan fingerprint density at radius 2 is 2.00 bits per heavy atom. The number of rotatable bonds is 6. The van der Waals surface area contributed by atoms with Crippen molar-refractivity contribution in [3.63, 3.8) is 0 Å². The van der Waals surface area contributed by atoms with Crippen LogP contribution >= 0.6 is 11.3 Å². The Hall–Kier alpha value is -2.00. The fourth-order valence-electron chi connectivity index (χ4n) is 4.66. The zero-order valence-electron chi connectivity index (χ0n) is 18.2. The van der Waals surface area contributed by atoms with E-state index in [1.54, 1.807) is 12.0 Å². The molecule has 0 bridgehead atoms. The lowest BCUT2D eigenvalue weighted by molar-refractivity contribution is -0.154. The van der Waals surface area contributed by atoms with Gasteiger partial charge in [-0.15, -0.1) is 11.3 Å². The van der Waals surface area contributed by atoms with Crippen molar-refractivity contribution >= 4 is 33.2 Å². The molecule has 0 saturated carbocycles. The van der Waals surface area contributed by atoms with Crippen molar-refractivity contribution in [2.24, 2.45) is 0 Å². The minimum absolute atomic E-state index is 0.0816. The standard InChI is InChI=1S/C23H31N3O4S/c1-25-12-8-23(29,9-13-25)22(28)26-11-7-16(15-26)19-17-5-3-4-6-18(17)31-20(19)21(27)24-10-14-30-2/h3-6,16,29H,7-15H2,1-2H3,(H,24,27)/t16-/m1/s1. The average molecular weight is 446 g/mol. The van der Waals surface area contributed by atoms with Crippen LogP contribution in [0, 0.1) is 0 Å². The number of aliphatic hydroxyl groups is 1. The van der Waals surface area contributed by atoms with Gasteiger partial charge in [-0.3, -0.25) is 9.59 Å². The maximum atomic E-state index is 13.2. The number of fused-ring (bicyclic) bond motifs is 1. The molecule has 2 fully saturated rings. The van der Waals surface area contributed by atoms with Crippen LogP contribution in [0.4, 0.5) is 0 Å². The number of piperidine rings is 1. The van der Waals surface area contributed by atoms with E-state index in [0.717, 1.165) is 40.0 Å². The number of nitrogens with one attached hydrogen (secondary N) is 1. The van der Waals surface area contributed by atoms with Crippen molar-refractivity contribution in [3.8, 4) is 0 Å². The van der Waals surface area contributed by atoms with Crippen molar-refractivity contribution in [1.82, 2.24) is 15.1 Å². The summed E-state index contributed by atoms with van der Waals surface area (Å²) >= 11 is 1.50. The summed E-state index contributed by atoms with van der Waals surface area (Å²) < 4.78 is 6.13. The molecule has 0 spiro atoms. The number of likely N-dealkylation sites (tertiary alicyclic amines) is 2. The lowest BCUT2D eigenvalue weighted by Gasteiger charge is -2.37.